The predicted molar refractivity (Wildman–Crippen MR) is 83.8 cm³/mol. The van der Waals surface area contributed by atoms with Gasteiger partial charge in [-0.15, -0.1) is 0 Å². The van der Waals surface area contributed by atoms with Gasteiger partial charge in [0.1, 0.15) is 0 Å². The van der Waals surface area contributed by atoms with Crippen LogP contribution in [0, 0.1) is 22.7 Å². The van der Waals surface area contributed by atoms with Crippen LogP contribution in [0.15, 0.2) is 0 Å². The zero-order valence-electron chi connectivity index (χ0n) is 13.7. The Morgan fingerprint density at radius 1 is 1.15 bits per heavy atom. The molecule has 0 spiro atoms. The molecule has 3 unspecified atom stereocenters. The van der Waals surface area contributed by atoms with E-state index in [9.17, 15) is 0 Å². The second-order valence-electron chi connectivity index (χ2n) is 8.32. The van der Waals surface area contributed by atoms with Crippen molar-refractivity contribution in [3.8, 4) is 0 Å². The second-order valence-corrected chi connectivity index (χ2v) is 8.32. The first-order chi connectivity index (χ1) is 9.59. The largest absolute Gasteiger partial charge is 0.380 e. The van der Waals surface area contributed by atoms with E-state index in [-0.39, 0.29) is 0 Å². The van der Waals surface area contributed by atoms with Crippen molar-refractivity contribution in [2.75, 3.05) is 19.8 Å². The van der Waals surface area contributed by atoms with Gasteiger partial charge in [0.15, 0.2) is 0 Å². The van der Waals surface area contributed by atoms with Gasteiger partial charge in [-0.1, -0.05) is 20.8 Å². The molecule has 2 heteroatoms. The van der Waals surface area contributed by atoms with Gasteiger partial charge in [-0.2, -0.15) is 0 Å². The minimum absolute atomic E-state index is 0.544. The molecule has 0 aliphatic heterocycles. The molecule has 116 valence electrons. The highest BCUT2D eigenvalue weighted by Crippen LogP contribution is 2.66. The molecule has 0 aromatic carbocycles. The van der Waals surface area contributed by atoms with Gasteiger partial charge in [0.2, 0.25) is 0 Å². The molecule has 4 bridgehead atoms. The van der Waals surface area contributed by atoms with Gasteiger partial charge in [0, 0.05) is 12.6 Å². The summed E-state index contributed by atoms with van der Waals surface area (Å²) in [6, 6.07) is 0.587. The summed E-state index contributed by atoms with van der Waals surface area (Å²) in [5.74, 6) is 2.02. The van der Waals surface area contributed by atoms with Crippen LogP contribution in [-0.2, 0) is 4.74 Å². The summed E-state index contributed by atoms with van der Waals surface area (Å²) >= 11 is 0. The van der Waals surface area contributed by atoms with Crippen LogP contribution >= 0.6 is 0 Å². The van der Waals surface area contributed by atoms with Crippen LogP contribution in [-0.4, -0.2) is 25.8 Å². The van der Waals surface area contributed by atoms with Crippen molar-refractivity contribution in [2.45, 2.75) is 71.8 Å². The molecule has 0 radical (unpaired) electrons. The topological polar surface area (TPSA) is 21.3 Å². The molecule has 4 aliphatic rings. The maximum absolute atomic E-state index is 5.96. The number of rotatable bonds is 7. The van der Waals surface area contributed by atoms with Crippen LogP contribution < -0.4 is 5.32 Å². The number of ether oxygens (including phenoxy) is 1. The van der Waals surface area contributed by atoms with E-state index in [0.29, 0.717) is 16.9 Å². The van der Waals surface area contributed by atoms with Gasteiger partial charge < -0.3 is 10.1 Å². The second kappa shape index (κ2) is 5.61. The minimum Gasteiger partial charge on any atom is -0.380 e. The van der Waals surface area contributed by atoms with E-state index in [0.717, 1.165) is 38.0 Å². The minimum atomic E-state index is 0.544. The third-order valence-corrected chi connectivity index (χ3v) is 6.22. The normalized spacial score (nSPS) is 44.0. The lowest BCUT2D eigenvalue weighted by Crippen LogP contribution is -2.60. The van der Waals surface area contributed by atoms with Crippen LogP contribution in [0.4, 0.5) is 0 Å². The highest BCUT2D eigenvalue weighted by molar-refractivity contribution is 5.09. The average Bonchev–Trinajstić information content (AvgIpc) is 2.35. The highest BCUT2D eigenvalue weighted by Gasteiger charge is 2.58. The third kappa shape index (κ3) is 2.66. The molecule has 4 rings (SSSR count). The molecule has 4 fully saturated rings. The van der Waals surface area contributed by atoms with E-state index >= 15 is 0 Å². The first kappa shape index (κ1) is 14.8. The van der Waals surface area contributed by atoms with Gasteiger partial charge in [0.05, 0.1) is 6.61 Å². The molecule has 3 atom stereocenters. The van der Waals surface area contributed by atoms with Crippen LogP contribution in [0.2, 0.25) is 0 Å². The van der Waals surface area contributed by atoms with Crippen LogP contribution in [0.1, 0.15) is 65.7 Å². The van der Waals surface area contributed by atoms with Gasteiger partial charge in [0.25, 0.3) is 0 Å². The van der Waals surface area contributed by atoms with Crippen molar-refractivity contribution in [3.05, 3.63) is 0 Å². The number of nitrogens with one attached hydrogen (secondary N) is 1. The number of likely N-dealkylation sites (N-methyl/N-ethyl adjacent to an activating group) is 1. The van der Waals surface area contributed by atoms with E-state index < -0.39 is 0 Å². The van der Waals surface area contributed by atoms with Gasteiger partial charge >= 0.3 is 0 Å². The Balaban J connectivity index is 1.75. The zero-order chi connectivity index (χ0) is 14.2. The van der Waals surface area contributed by atoms with E-state index in [1.807, 2.05) is 0 Å². The molecule has 1 N–H and O–H groups in total. The monoisotopic (exact) mass is 279 g/mol. The fraction of sp³-hybridized carbons (Fsp3) is 1.00. The molecule has 4 saturated carbocycles. The Labute approximate surface area is 125 Å². The summed E-state index contributed by atoms with van der Waals surface area (Å²) in [4.78, 5) is 0. The molecule has 4 aliphatic carbocycles. The maximum Gasteiger partial charge on any atom is 0.0625 e. The predicted octanol–water partition coefficient (Wildman–Crippen LogP) is 4.00. The van der Waals surface area contributed by atoms with Gasteiger partial charge in [-0.3, -0.25) is 0 Å². The quantitative estimate of drug-likeness (QED) is 0.711. The molecule has 0 aromatic heterocycles. The molecule has 20 heavy (non-hydrogen) atoms. The van der Waals surface area contributed by atoms with Crippen LogP contribution in [0.25, 0.3) is 0 Å². The van der Waals surface area contributed by atoms with E-state index in [1.165, 1.54) is 38.5 Å². The Morgan fingerprint density at radius 2 is 1.85 bits per heavy atom. The van der Waals surface area contributed by atoms with Crippen LogP contribution in [0.3, 0.4) is 0 Å². The SMILES string of the molecule is CCCOCC(NCC)C12CC3CC(CC(C)(C3)C1)C2. The van der Waals surface area contributed by atoms with Crippen molar-refractivity contribution < 1.29 is 4.74 Å². The van der Waals surface area contributed by atoms with E-state index in [4.69, 9.17) is 4.74 Å². The van der Waals surface area contributed by atoms with Crippen molar-refractivity contribution >= 4 is 0 Å². The summed E-state index contributed by atoms with van der Waals surface area (Å²) in [5, 5.41) is 3.79. The molecule has 0 heterocycles. The molecular weight excluding hydrogens is 246 g/mol. The van der Waals surface area contributed by atoms with Crippen molar-refractivity contribution in [3.63, 3.8) is 0 Å². The van der Waals surface area contributed by atoms with E-state index in [1.54, 1.807) is 0 Å². The Morgan fingerprint density at radius 3 is 2.40 bits per heavy atom. The standard InChI is InChI=1S/C18H33NO/c1-4-6-20-12-16(19-5-2)18-10-14-7-15(11-18)9-17(3,8-14)13-18/h14-16,19H,4-13H2,1-3H3. The zero-order valence-corrected chi connectivity index (χ0v) is 13.7. The fourth-order valence-electron chi connectivity index (χ4n) is 6.25. The summed E-state index contributed by atoms with van der Waals surface area (Å²) < 4.78 is 5.96. The molecule has 2 nitrogen and oxygen atoms in total. The first-order valence-electron chi connectivity index (χ1n) is 8.90. The molecule has 0 aromatic rings. The van der Waals surface area contributed by atoms with Crippen molar-refractivity contribution in [2.24, 2.45) is 22.7 Å². The van der Waals surface area contributed by atoms with Crippen LogP contribution in [0.5, 0.6) is 0 Å². The summed E-state index contributed by atoms with van der Waals surface area (Å²) in [7, 11) is 0. The summed E-state index contributed by atoms with van der Waals surface area (Å²) in [6.45, 7) is 9.94. The Hall–Kier alpha value is -0.0800. The number of hydrogen-bond donors (Lipinski definition) is 1. The van der Waals surface area contributed by atoms with E-state index in [2.05, 4.69) is 26.1 Å². The van der Waals surface area contributed by atoms with Gasteiger partial charge in [-0.25, -0.2) is 0 Å². The highest BCUT2D eigenvalue weighted by atomic mass is 16.5. The smallest absolute Gasteiger partial charge is 0.0625 e. The van der Waals surface area contributed by atoms with Crippen molar-refractivity contribution in [1.82, 2.24) is 5.32 Å². The lowest BCUT2D eigenvalue weighted by atomic mass is 9.43. The fourth-order valence-corrected chi connectivity index (χ4v) is 6.25. The summed E-state index contributed by atoms with van der Waals surface area (Å²) in [5.41, 5.74) is 1.19. The lowest BCUT2D eigenvalue weighted by Gasteiger charge is -2.63. The van der Waals surface area contributed by atoms with Gasteiger partial charge in [-0.05, 0) is 74.2 Å². The third-order valence-electron chi connectivity index (χ3n) is 6.22. The lowest BCUT2D eigenvalue weighted by molar-refractivity contribution is -0.127. The molecule has 0 amide bonds. The number of hydrogen-bond acceptors (Lipinski definition) is 2. The average molecular weight is 279 g/mol. The molecule has 0 saturated heterocycles. The van der Waals surface area contributed by atoms with Crippen molar-refractivity contribution in [1.29, 1.82) is 0 Å². The Bertz CT molecular complexity index is 326. The Kier molecular flexibility index (Phi) is 4.16. The maximum atomic E-state index is 5.96. The first-order valence-corrected chi connectivity index (χ1v) is 8.90. The summed E-state index contributed by atoms with van der Waals surface area (Å²) in [6.07, 6.45) is 10.0. The molecular formula is C18H33NO.